The lowest BCUT2D eigenvalue weighted by Crippen LogP contribution is -2.59. The highest BCUT2D eigenvalue weighted by molar-refractivity contribution is 9.10. The maximum absolute atomic E-state index is 13.1. The molecule has 1 N–H and O–H groups in total. The summed E-state index contributed by atoms with van der Waals surface area (Å²) in [5.74, 6) is 1.01. The third-order valence-corrected chi connectivity index (χ3v) is 7.63. The van der Waals surface area contributed by atoms with Crippen LogP contribution in [0.25, 0.3) is 0 Å². The molecule has 3 heterocycles. The summed E-state index contributed by atoms with van der Waals surface area (Å²) in [6.45, 7) is 0.859. The minimum Gasteiger partial charge on any atom is -0.483 e. The second-order valence-corrected chi connectivity index (χ2v) is 11.3. The van der Waals surface area contributed by atoms with Crippen LogP contribution in [-0.2, 0) is 19.6 Å². The van der Waals surface area contributed by atoms with Gasteiger partial charge in [-0.05, 0) is 68.2 Å². The largest absolute Gasteiger partial charge is 0.483 e. The van der Waals surface area contributed by atoms with Gasteiger partial charge in [0.2, 0.25) is 10.0 Å². The number of amides is 1. The van der Waals surface area contributed by atoms with Crippen LogP contribution < -0.4 is 9.46 Å². The van der Waals surface area contributed by atoms with Crippen LogP contribution in [0.4, 0.5) is 0 Å². The van der Waals surface area contributed by atoms with Gasteiger partial charge in [0.05, 0.1) is 25.0 Å². The van der Waals surface area contributed by atoms with Gasteiger partial charge in [0, 0.05) is 17.1 Å². The zero-order chi connectivity index (χ0) is 21.3. The van der Waals surface area contributed by atoms with E-state index in [-0.39, 0.29) is 30.7 Å². The topological polar surface area (TPSA) is 84.9 Å². The normalized spacial score (nSPS) is 30.3. The molecule has 7 nitrogen and oxygen atoms in total. The number of benzene rings is 1. The van der Waals surface area contributed by atoms with Gasteiger partial charge in [-0.25, -0.2) is 13.1 Å². The molecule has 2 bridgehead atoms. The summed E-state index contributed by atoms with van der Waals surface area (Å²) in [4.78, 5) is 14.8. The molecule has 2 fully saturated rings. The van der Waals surface area contributed by atoms with Crippen molar-refractivity contribution in [2.75, 3.05) is 26.0 Å². The standard InChI is InChI=1S/C21H29BrN2O5S/c1-30(26,27)23-18-3-2-10-24-19(18)12-28-16-7-4-14(5-8-16)17-11-15(22)6-9-20(17)29-13-21(24)25/h6,9,11,14,16,18-19,23H,2-5,7-8,10,12-13H2,1H3. The third kappa shape index (κ3) is 5.18. The van der Waals surface area contributed by atoms with Crippen molar-refractivity contribution >= 4 is 31.9 Å². The summed E-state index contributed by atoms with van der Waals surface area (Å²) in [5, 5.41) is 0. The zero-order valence-corrected chi connectivity index (χ0v) is 19.6. The number of piperidine rings is 1. The molecular weight excluding hydrogens is 472 g/mol. The molecule has 1 amide bonds. The van der Waals surface area contributed by atoms with Crippen molar-refractivity contribution in [3.05, 3.63) is 28.2 Å². The molecule has 4 aliphatic rings. The summed E-state index contributed by atoms with van der Waals surface area (Å²) < 4.78 is 39.7. The average molecular weight is 501 g/mol. The Morgan fingerprint density at radius 1 is 1.17 bits per heavy atom. The quantitative estimate of drug-likeness (QED) is 0.674. The third-order valence-electron chi connectivity index (χ3n) is 6.40. The van der Waals surface area contributed by atoms with Crippen molar-refractivity contribution in [2.24, 2.45) is 0 Å². The first-order chi connectivity index (χ1) is 14.3. The Bertz CT molecular complexity index is 885. The molecule has 0 spiro atoms. The number of nitrogens with zero attached hydrogens (tertiary/aromatic N) is 1. The fraction of sp³-hybridized carbons (Fsp3) is 0.667. The number of nitrogens with one attached hydrogen (secondary N) is 1. The van der Waals surface area contributed by atoms with Crippen LogP contribution in [0, 0.1) is 0 Å². The van der Waals surface area contributed by atoms with Gasteiger partial charge < -0.3 is 14.4 Å². The second-order valence-electron chi connectivity index (χ2n) is 8.57. The molecule has 1 aliphatic carbocycles. The first-order valence-electron chi connectivity index (χ1n) is 10.6. The van der Waals surface area contributed by atoms with E-state index < -0.39 is 10.0 Å². The van der Waals surface area contributed by atoms with E-state index in [0.29, 0.717) is 25.5 Å². The predicted molar refractivity (Wildman–Crippen MR) is 117 cm³/mol. The molecule has 0 radical (unpaired) electrons. The lowest BCUT2D eigenvalue weighted by Gasteiger charge is -2.41. The summed E-state index contributed by atoms with van der Waals surface area (Å²) in [6, 6.07) is 5.29. The highest BCUT2D eigenvalue weighted by atomic mass is 79.9. The smallest absolute Gasteiger partial charge is 0.260 e. The van der Waals surface area contributed by atoms with Crippen molar-refractivity contribution in [2.45, 2.75) is 62.6 Å². The Labute approximate surface area is 186 Å². The number of fused-ring (bicyclic) bond motifs is 5. The Balaban J connectivity index is 1.62. The summed E-state index contributed by atoms with van der Waals surface area (Å²) >= 11 is 3.56. The van der Waals surface area contributed by atoms with E-state index in [4.69, 9.17) is 9.47 Å². The van der Waals surface area contributed by atoms with Crippen LogP contribution in [0.15, 0.2) is 22.7 Å². The fourth-order valence-electron chi connectivity index (χ4n) is 4.95. The summed E-state index contributed by atoms with van der Waals surface area (Å²) in [6.07, 6.45) is 6.63. The van der Waals surface area contributed by atoms with E-state index >= 15 is 0 Å². The van der Waals surface area contributed by atoms with Crippen LogP contribution in [0.5, 0.6) is 5.75 Å². The monoisotopic (exact) mass is 500 g/mol. The first kappa shape index (κ1) is 22.0. The number of halogens is 1. The molecule has 9 heteroatoms. The molecule has 5 rings (SSSR count). The number of hydrogen-bond donors (Lipinski definition) is 1. The Hall–Kier alpha value is -1.16. The van der Waals surface area contributed by atoms with Gasteiger partial charge in [0.25, 0.3) is 5.91 Å². The number of ether oxygens (including phenoxy) is 2. The maximum Gasteiger partial charge on any atom is 0.260 e. The molecule has 166 valence electrons. The molecule has 1 aromatic carbocycles. The van der Waals surface area contributed by atoms with Gasteiger partial charge in [-0.3, -0.25) is 4.79 Å². The molecule has 1 saturated heterocycles. The lowest BCUT2D eigenvalue weighted by atomic mass is 9.82. The SMILES string of the molecule is CS(=O)(=O)NC1CCCN2C(=O)COc3ccc(Br)cc3C3CCC(CC3)OCC12. The van der Waals surface area contributed by atoms with E-state index in [2.05, 4.69) is 26.7 Å². The number of carbonyl (C=O) groups is 1. The summed E-state index contributed by atoms with van der Waals surface area (Å²) in [7, 11) is -3.38. The van der Waals surface area contributed by atoms with E-state index in [1.165, 1.54) is 0 Å². The van der Waals surface area contributed by atoms with E-state index in [9.17, 15) is 13.2 Å². The van der Waals surface area contributed by atoms with Crippen molar-refractivity contribution in [1.82, 2.24) is 9.62 Å². The van der Waals surface area contributed by atoms with Crippen LogP contribution >= 0.6 is 15.9 Å². The minimum absolute atomic E-state index is 0.0626. The fourth-order valence-corrected chi connectivity index (χ4v) is 6.16. The highest BCUT2D eigenvalue weighted by Crippen LogP contribution is 2.40. The average Bonchev–Trinajstić information content (AvgIpc) is 2.71. The van der Waals surface area contributed by atoms with Crippen LogP contribution in [-0.4, -0.2) is 63.4 Å². The van der Waals surface area contributed by atoms with Crippen LogP contribution in [0.3, 0.4) is 0 Å². The molecule has 2 unspecified atom stereocenters. The molecule has 30 heavy (non-hydrogen) atoms. The molecule has 3 aliphatic heterocycles. The maximum atomic E-state index is 13.1. The van der Waals surface area contributed by atoms with Crippen molar-refractivity contribution in [3.63, 3.8) is 0 Å². The van der Waals surface area contributed by atoms with E-state index in [1.807, 2.05) is 12.1 Å². The second kappa shape index (κ2) is 9.14. The number of carbonyl (C=O) groups excluding carboxylic acids is 1. The molecule has 2 atom stereocenters. The van der Waals surface area contributed by atoms with E-state index in [1.54, 1.807) is 4.90 Å². The molecule has 1 aromatic rings. The molecule has 0 aromatic heterocycles. The highest BCUT2D eigenvalue weighted by Gasteiger charge is 2.37. The Morgan fingerprint density at radius 2 is 1.93 bits per heavy atom. The van der Waals surface area contributed by atoms with Gasteiger partial charge >= 0.3 is 0 Å². The van der Waals surface area contributed by atoms with Gasteiger partial charge in [0.15, 0.2) is 6.61 Å². The Kier molecular flexibility index (Phi) is 6.72. The van der Waals surface area contributed by atoms with Gasteiger partial charge in [-0.1, -0.05) is 15.9 Å². The molecule has 1 saturated carbocycles. The van der Waals surface area contributed by atoms with Crippen LogP contribution in [0.1, 0.15) is 50.0 Å². The van der Waals surface area contributed by atoms with Crippen molar-refractivity contribution in [3.8, 4) is 5.75 Å². The molecular formula is C21H29BrN2O5S. The number of sulfonamides is 1. The predicted octanol–water partition coefficient (Wildman–Crippen LogP) is 2.79. The van der Waals surface area contributed by atoms with Gasteiger partial charge in [0.1, 0.15) is 5.75 Å². The lowest BCUT2D eigenvalue weighted by molar-refractivity contribution is -0.140. The first-order valence-corrected chi connectivity index (χ1v) is 13.3. The number of rotatable bonds is 2. The van der Waals surface area contributed by atoms with E-state index in [0.717, 1.165) is 54.1 Å². The zero-order valence-electron chi connectivity index (χ0n) is 17.2. The van der Waals surface area contributed by atoms with Gasteiger partial charge in [-0.2, -0.15) is 0 Å². The number of hydrogen-bond acceptors (Lipinski definition) is 5. The van der Waals surface area contributed by atoms with Gasteiger partial charge in [-0.15, -0.1) is 0 Å². The van der Waals surface area contributed by atoms with Crippen molar-refractivity contribution < 1.29 is 22.7 Å². The summed E-state index contributed by atoms with van der Waals surface area (Å²) in [5.41, 5.74) is 1.14. The minimum atomic E-state index is -3.38. The Morgan fingerprint density at radius 3 is 2.67 bits per heavy atom. The van der Waals surface area contributed by atoms with Crippen molar-refractivity contribution in [1.29, 1.82) is 0 Å². The van der Waals surface area contributed by atoms with Crippen LogP contribution in [0.2, 0.25) is 0 Å².